The summed E-state index contributed by atoms with van der Waals surface area (Å²) >= 11 is 0. The van der Waals surface area contributed by atoms with Gasteiger partial charge in [0, 0.05) is 6.42 Å². The molecule has 2 aromatic carbocycles. The van der Waals surface area contributed by atoms with Gasteiger partial charge in [0.05, 0.1) is 6.04 Å². The number of halogens is 2. The first kappa shape index (κ1) is 16.2. The van der Waals surface area contributed by atoms with E-state index >= 15 is 0 Å². The summed E-state index contributed by atoms with van der Waals surface area (Å²) < 4.78 is 34.2. The minimum atomic E-state index is -2.85. The summed E-state index contributed by atoms with van der Waals surface area (Å²) in [5.41, 5.74) is 1.80. The van der Waals surface area contributed by atoms with Crippen LogP contribution in [0.25, 0.3) is 0 Å². The molecule has 4 nitrogen and oxygen atoms in total. The van der Waals surface area contributed by atoms with Crippen molar-refractivity contribution in [3.8, 4) is 11.5 Å². The first-order valence-electron chi connectivity index (χ1n) is 7.62. The summed E-state index contributed by atoms with van der Waals surface area (Å²) in [7, 11) is 0. The van der Waals surface area contributed by atoms with Crippen molar-refractivity contribution in [2.75, 3.05) is 0 Å². The molecule has 0 aliphatic carbocycles. The Bertz CT molecular complexity index is 693. The molecule has 0 fully saturated rings. The van der Waals surface area contributed by atoms with Crippen LogP contribution in [0.3, 0.4) is 0 Å². The van der Waals surface area contributed by atoms with Crippen LogP contribution in [0.15, 0.2) is 48.5 Å². The van der Waals surface area contributed by atoms with Gasteiger partial charge in [-0.05, 0) is 36.2 Å². The summed E-state index contributed by atoms with van der Waals surface area (Å²) in [4.78, 5) is 12.4. The third-order valence-corrected chi connectivity index (χ3v) is 3.90. The average Bonchev–Trinajstić information content (AvgIpc) is 2.99. The Kier molecular flexibility index (Phi) is 4.64. The Balaban J connectivity index is 1.59. The van der Waals surface area contributed by atoms with Crippen LogP contribution in [-0.4, -0.2) is 18.6 Å². The van der Waals surface area contributed by atoms with Gasteiger partial charge < -0.3 is 14.8 Å². The zero-order valence-corrected chi connectivity index (χ0v) is 13.0. The summed E-state index contributed by atoms with van der Waals surface area (Å²) in [6, 6.07) is 13.5. The summed E-state index contributed by atoms with van der Waals surface area (Å²) in [5, 5.41) is 2.88. The summed E-state index contributed by atoms with van der Waals surface area (Å²) in [6.07, 6.45) is -0.0121. The van der Waals surface area contributed by atoms with E-state index in [1.165, 1.54) is 12.1 Å². The maximum absolute atomic E-state index is 12.4. The molecule has 0 bridgehead atoms. The van der Waals surface area contributed by atoms with Gasteiger partial charge in [0.15, 0.2) is 6.10 Å². The van der Waals surface area contributed by atoms with Gasteiger partial charge in [0.1, 0.15) is 11.5 Å². The van der Waals surface area contributed by atoms with Gasteiger partial charge in [-0.3, -0.25) is 4.79 Å². The molecule has 1 amide bonds. The lowest BCUT2D eigenvalue weighted by Gasteiger charge is -2.18. The van der Waals surface area contributed by atoms with Crippen LogP contribution in [-0.2, 0) is 11.2 Å². The number of carbonyl (C=O) groups is 1. The molecule has 2 atom stereocenters. The molecular formula is C18H17F2NO3. The van der Waals surface area contributed by atoms with Gasteiger partial charge in [-0.2, -0.15) is 8.78 Å². The molecule has 0 spiro atoms. The molecule has 1 aliphatic heterocycles. The highest BCUT2D eigenvalue weighted by Crippen LogP contribution is 2.28. The number of hydrogen-bond acceptors (Lipinski definition) is 3. The monoisotopic (exact) mass is 333 g/mol. The Morgan fingerprint density at radius 2 is 1.92 bits per heavy atom. The Labute approximate surface area is 138 Å². The maximum atomic E-state index is 12.4. The number of carbonyl (C=O) groups excluding carboxylic acids is 1. The highest BCUT2D eigenvalue weighted by Gasteiger charge is 2.29. The third-order valence-electron chi connectivity index (χ3n) is 3.90. The quantitative estimate of drug-likeness (QED) is 0.911. The van der Waals surface area contributed by atoms with E-state index in [1.54, 1.807) is 12.1 Å². The van der Waals surface area contributed by atoms with Crippen LogP contribution in [0.5, 0.6) is 11.5 Å². The summed E-state index contributed by atoms with van der Waals surface area (Å²) in [6.45, 7) is -1.03. The van der Waals surface area contributed by atoms with Crippen molar-refractivity contribution in [1.29, 1.82) is 0 Å². The van der Waals surface area contributed by atoms with Crippen molar-refractivity contribution < 1.29 is 23.0 Å². The second-order valence-corrected chi connectivity index (χ2v) is 5.60. The van der Waals surface area contributed by atoms with Crippen LogP contribution in [0.1, 0.15) is 24.1 Å². The number of nitrogens with one attached hydrogen (secondary N) is 1. The molecule has 1 heterocycles. The number of para-hydroxylation sites is 1. The van der Waals surface area contributed by atoms with Crippen molar-refractivity contribution in [2.45, 2.75) is 32.1 Å². The number of hydrogen-bond donors (Lipinski definition) is 1. The van der Waals surface area contributed by atoms with Crippen molar-refractivity contribution in [3.05, 3.63) is 59.7 Å². The van der Waals surface area contributed by atoms with E-state index in [0.29, 0.717) is 6.42 Å². The fourth-order valence-corrected chi connectivity index (χ4v) is 2.66. The van der Waals surface area contributed by atoms with Gasteiger partial charge >= 0.3 is 6.61 Å². The number of ether oxygens (including phenoxy) is 2. The van der Waals surface area contributed by atoms with Gasteiger partial charge in [0.2, 0.25) is 0 Å². The molecule has 2 aromatic rings. The van der Waals surface area contributed by atoms with E-state index in [1.807, 2.05) is 31.2 Å². The predicted molar refractivity (Wildman–Crippen MR) is 84.2 cm³/mol. The minimum Gasteiger partial charge on any atom is -0.480 e. The zero-order chi connectivity index (χ0) is 17.1. The highest BCUT2D eigenvalue weighted by molar-refractivity contribution is 5.82. The van der Waals surface area contributed by atoms with Crippen LogP contribution < -0.4 is 14.8 Å². The normalized spacial score (nSPS) is 17.1. The molecule has 1 N–H and O–H groups in total. The molecule has 6 heteroatoms. The van der Waals surface area contributed by atoms with E-state index in [-0.39, 0.29) is 17.7 Å². The fraction of sp³-hybridized carbons (Fsp3) is 0.278. The second-order valence-electron chi connectivity index (χ2n) is 5.60. The molecule has 126 valence electrons. The smallest absolute Gasteiger partial charge is 0.387 e. The predicted octanol–water partition coefficient (Wildman–Crippen LogP) is 3.47. The molecule has 3 rings (SSSR count). The standard InChI is InChI=1S/C18H17F2NO3/c1-11(12-6-8-14(9-7-12)23-18(19)20)21-17(22)16-10-13-4-2-3-5-15(13)24-16/h2-9,11,16,18H,10H2,1H3,(H,21,22). The van der Waals surface area contributed by atoms with E-state index in [0.717, 1.165) is 16.9 Å². The minimum absolute atomic E-state index is 0.0850. The van der Waals surface area contributed by atoms with Crippen LogP contribution >= 0.6 is 0 Å². The van der Waals surface area contributed by atoms with Gasteiger partial charge in [-0.25, -0.2) is 0 Å². The van der Waals surface area contributed by atoms with Crippen LogP contribution in [0.2, 0.25) is 0 Å². The highest BCUT2D eigenvalue weighted by atomic mass is 19.3. The molecule has 0 saturated carbocycles. The van der Waals surface area contributed by atoms with E-state index < -0.39 is 12.7 Å². The molecule has 0 saturated heterocycles. The number of amides is 1. The Morgan fingerprint density at radius 3 is 2.58 bits per heavy atom. The van der Waals surface area contributed by atoms with Crippen molar-refractivity contribution in [1.82, 2.24) is 5.32 Å². The van der Waals surface area contributed by atoms with Crippen molar-refractivity contribution in [2.24, 2.45) is 0 Å². The Hall–Kier alpha value is -2.63. The zero-order valence-electron chi connectivity index (χ0n) is 13.0. The maximum Gasteiger partial charge on any atom is 0.387 e. The topological polar surface area (TPSA) is 47.6 Å². The second kappa shape index (κ2) is 6.86. The number of fused-ring (bicyclic) bond motifs is 1. The third kappa shape index (κ3) is 3.64. The number of benzene rings is 2. The van der Waals surface area contributed by atoms with Gasteiger partial charge in [-0.1, -0.05) is 30.3 Å². The van der Waals surface area contributed by atoms with E-state index in [9.17, 15) is 13.6 Å². The van der Waals surface area contributed by atoms with Gasteiger partial charge in [0.25, 0.3) is 5.91 Å². The molecular weight excluding hydrogens is 316 g/mol. The summed E-state index contributed by atoms with van der Waals surface area (Å²) in [5.74, 6) is 0.618. The van der Waals surface area contributed by atoms with Crippen molar-refractivity contribution in [3.63, 3.8) is 0 Å². The average molecular weight is 333 g/mol. The van der Waals surface area contributed by atoms with Crippen molar-refractivity contribution >= 4 is 5.91 Å². The van der Waals surface area contributed by atoms with E-state index in [2.05, 4.69) is 10.1 Å². The molecule has 0 aromatic heterocycles. The molecule has 2 unspecified atom stereocenters. The number of rotatable bonds is 5. The lowest BCUT2D eigenvalue weighted by atomic mass is 10.1. The first-order chi connectivity index (χ1) is 11.5. The number of alkyl halides is 2. The first-order valence-corrected chi connectivity index (χ1v) is 7.62. The van der Waals surface area contributed by atoms with Gasteiger partial charge in [-0.15, -0.1) is 0 Å². The lowest BCUT2D eigenvalue weighted by molar-refractivity contribution is -0.127. The largest absolute Gasteiger partial charge is 0.480 e. The fourth-order valence-electron chi connectivity index (χ4n) is 2.66. The lowest BCUT2D eigenvalue weighted by Crippen LogP contribution is -2.38. The molecule has 0 radical (unpaired) electrons. The van der Waals surface area contributed by atoms with Crippen LogP contribution in [0, 0.1) is 0 Å². The Morgan fingerprint density at radius 1 is 1.21 bits per heavy atom. The van der Waals surface area contributed by atoms with Crippen LogP contribution in [0.4, 0.5) is 8.78 Å². The molecule has 24 heavy (non-hydrogen) atoms. The SMILES string of the molecule is CC(NC(=O)C1Cc2ccccc2O1)c1ccc(OC(F)F)cc1. The molecule has 1 aliphatic rings. The van der Waals surface area contributed by atoms with E-state index in [4.69, 9.17) is 4.74 Å².